The molecule has 4 nitrogen and oxygen atoms in total. The van der Waals surface area contributed by atoms with Gasteiger partial charge in [-0.25, -0.2) is 4.68 Å². The van der Waals surface area contributed by atoms with Crippen molar-refractivity contribution in [3.8, 4) is 11.3 Å². The topological polar surface area (TPSA) is 43.1 Å². The van der Waals surface area contributed by atoms with Crippen LogP contribution in [0.25, 0.3) is 11.3 Å². The lowest BCUT2D eigenvalue weighted by molar-refractivity contribution is -0.142. The molecule has 0 fully saturated rings. The molecule has 0 saturated heterocycles. The first-order valence-electron chi connectivity index (χ1n) is 6.71. The van der Waals surface area contributed by atoms with Crippen LogP contribution < -0.4 is 0 Å². The maximum Gasteiger partial charge on any atom is 0.433 e. The summed E-state index contributed by atoms with van der Waals surface area (Å²) >= 11 is 0. The average molecular weight is 320 g/mol. The number of alkyl halides is 3. The SMILES string of the molecule is C=C(C)/C=C\C(=NC)n1nc(-c2cccnc2)cc1C(F)(F)F. The minimum atomic E-state index is -4.56. The average Bonchev–Trinajstić information content (AvgIpc) is 2.94. The molecule has 0 amide bonds. The number of aliphatic imine (C=N–C) groups is 1. The highest BCUT2D eigenvalue weighted by atomic mass is 19.4. The van der Waals surface area contributed by atoms with Crippen LogP contribution in [-0.4, -0.2) is 27.6 Å². The highest BCUT2D eigenvalue weighted by Crippen LogP contribution is 2.32. The van der Waals surface area contributed by atoms with E-state index in [0.717, 1.165) is 10.7 Å². The summed E-state index contributed by atoms with van der Waals surface area (Å²) in [6.07, 6.45) is 1.46. The molecular formula is C16H15F3N4. The maximum absolute atomic E-state index is 13.3. The summed E-state index contributed by atoms with van der Waals surface area (Å²) in [5.74, 6) is 0.0652. The van der Waals surface area contributed by atoms with Gasteiger partial charge >= 0.3 is 6.18 Å². The molecule has 2 rings (SSSR count). The summed E-state index contributed by atoms with van der Waals surface area (Å²) in [5.41, 5.74) is 0.467. The van der Waals surface area contributed by atoms with Crippen molar-refractivity contribution in [3.63, 3.8) is 0 Å². The van der Waals surface area contributed by atoms with Crippen LogP contribution in [0.15, 0.2) is 59.9 Å². The number of hydrogen-bond donors (Lipinski definition) is 0. The van der Waals surface area contributed by atoms with Gasteiger partial charge < -0.3 is 0 Å². The second kappa shape index (κ2) is 6.60. The second-order valence-electron chi connectivity index (χ2n) is 4.83. The number of aromatic nitrogens is 3. The Labute approximate surface area is 131 Å². The van der Waals surface area contributed by atoms with Crippen molar-refractivity contribution in [2.24, 2.45) is 4.99 Å². The van der Waals surface area contributed by atoms with E-state index in [2.05, 4.69) is 21.7 Å². The molecule has 0 aliphatic carbocycles. The Kier molecular flexibility index (Phi) is 4.78. The van der Waals surface area contributed by atoms with Crippen molar-refractivity contribution in [1.82, 2.24) is 14.8 Å². The fraction of sp³-hybridized carbons (Fsp3) is 0.188. The summed E-state index contributed by atoms with van der Waals surface area (Å²) in [6.45, 7) is 5.41. The van der Waals surface area contributed by atoms with Crippen molar-refractivity contribution in [3.05, 3.63) is 60.6 Å². The maximum atomic E-state index is 13.3. The molecule has 2 aromatic rings. The van der Waals surface area contributed by atoms with Crippen LogP contribution in [0.4, 0.5) is 13.2 Å². The molecule has 2 heterocycles. The van der Waals surface area contributed by atoms with Gasteiger partial charge in [-0.2, -0.15) is 18.3 Å². The molecule has 7 heteroatoms. The van der Waals surface area contributed by atoms with Crippen LogP contribution in [0.2, 0.25) is 0 Å². The Balaban J connectivity index is 2.58. The zero-order valence-corrected chi connectivity index (χ0v) is 12.7. The number of halogens is 3. The summed E-state index contributed by atoms with van der Waals surface area (Å²) in [5, 5.41) is 4.04. The minimum Gasteiger partial charge on any atom is -0.270 e. The minimum absolute atomic E-state index is 0.0652. The molecule has 0 unspecified atom stereocenters. The number of allylic oxidation sites excluding steroid dienone is 3. The molecule has 0 aliphatic rings. The molecule has 0 radical (unpaired) electrons. The summed E-state index contributed by atoms with van der Waals surface area (Å²) < 4.78 is 40.7. The number of rotatable bonds is 3. The van der Waals surface area contributed by atoms with Gasteiger partial charge in [-0.1, -0.05) is 18.2 Å². The third-order valence-electron chi connectivity index (χ3n) is 2.92. The van der Waals surface area contributed by atoms with E-state index in [-0.39, 0.29) is 11.5 Å². The standard InChI is InChI=1S/C16H15F3N4/c1-11(2)6-7-15(20-3)23-14(16(17,18)19)9-13(22-23)12-5-4-8-21-10-12/h4-10H,1H2,2-3H3/b7-6-,20-15?. The lowest BCUT2D eigenvalue weighted by atomic mass is 10.2. The molecule has 2 aromatic heterocycles. The van der Waals surface area contributed by atoms with Gasteiger partial charge in [-0.05, 0) is 31.2 Å². The molecule has 0 N–H and O–H groups in total. The Morgan fingerprint density at radius 3 is 2.61 bits per heavy atom. The quantitative estimate of drug-likeness (QED) is 0.488. The van der Waals surface area contributed by atoms with Crippen molar-refractivity contribution in [1.29, 1.82) is 0 Å². The van der Waals surface area contributed by atoms with E-state index in [1.54, 1.807) is 31.3 Å². The normalized spacial score (nSPS) is 12.8. The number of nitrogens with zero attached hydrogens (tertiary/aromatic N) is 4. The monoisotopic (exact) mass is 320 g/mol. The van der Waals surface area contributed by atoms with E-state index in [1.165, 1.54) is 19.3 Å². The van der Waals surface area contributed by atoms with Gasteiger partial charge in [-0.15, -0.1) is 0 Å². The van der Waals surface area contributed by atoms with Crippen molar-refractivity contribution in [2.45, 2.75) is 13.1 Å². The van der Waals surface area contributed by atoms with Crippen LogP contribution in [-0.2, 0) is 6.18 Å². The van der Waals surface area contributed by atoms with E-state index in [4.69, 9.17) is 0 Å². The molecule has 0 saturated carbocycles. The predicted molar refractivity (Wildman–Crippen MR) is 83.2 cm³/mol. The highest BCUT2D eigenvalue weighted by Gasteiger charge is 2.37. The van der Waals surface area contributed by atoms with Crippen LogP contribution >= 0.6 is 0 Å². The molecule has 0 spiro atoms. The van der Waals surface area contributed by atoms with E-state index in [1.807, 2.05) is 0 Å². The lowest BCUT2D eigenvalue weighted by Gasteiger charge is -2.09. The Hall–Kier alpha value is -2.70. The number of hydrogen-bond acceptors (Lipinski definition) is 3. The van der Waals surface area contributed by atoms with E-state index in [0.29, 0.717) is 11.1 Å². The van der Waals surface area contributed by atoms with Gasteiger partial charge in [0.05, 0.1) is 5.69 Å². The van der Waals surface area contributed by atoms with Crippen molar-refractivity contribution in [2.75, 3.05) is 7.05 Å². The highest BCUT2D eigenvalue weighted by molar-refractivity contribution is 5.95. The first-order chi connectivity index (χ1) is 10.8. The van der Waals surface area contributed by atoms with Gasteiger partial charge in [0.15, 0.2) is 5.69 Å². The number of pyridine rings is 1. The van der Waals surface area contributed by atoms with Crippen LogP contribution in [0.5, 0.6) is 0 Å². The molecule has 23 heavy (non-hydrogen) atoms. The van der Waals surface area contributed by atoms with Crippen LogP contribution in [0.3, 0.4) is 0 Å². The van der Waals surface area contributed by atoms with Crippen LogP contribution in [0, 0.1) is 0 Å². The van der Waals surface area contributed by atoms with Gasteiger partial charge in [0, 0.05) is 25.0 Å². The molecule has 0 bridgehead atoms. The van der Waals surface area contributed by atoms with Crippen LogP contribution in [0.1, 0.15) is 12.6 Å². The summed E-state index contributed by atoms with van der Waals surface area (Å²) in [7, 11) is 1.41. The smallest absolute Gasteiger partial charge is 0.270 e. The zero-order valence-electron chi connectivity index (χ0n) is 12.7. The first kappa shape index (κ1) is 16.7. The first-order valence-corrected chi connectivity index (χ1v) is 6.71. The molecule has 0 aliphatic heterocycles. The van der Waals surface area contributed by atoms with Crippen molar-refractivity contribution >= 4 is 5.84 Å². The third kappa shape index (κ3) is 3.94. The Morgan fingerprint density at radius 2 is 2.09 bits per heavy atom. The lowest BCUT2D eigenvalue weighted by Crippen LogP contribution is -2.20. The molecular weight excluding hydrogens is 305 g/mol. The molecule has 0 atom stereocenters. The van der Waals surface area contributed by atoms with Gasteiger partial charge in [0.1, 0.15) is 5.84 Å². The van der Waals surface area contributed by atoms with Gasteiger partial charge in [0.2, 0.25) is 0 Å². The third-order valence-corrected chi connectivity index (χ3v) is 2.92. The second-order valence-corrected chi connectivity index (χ2v) is 4.83. The summed E-state index contributed by atoms with van der Waals surface area (Å²) in [6, 6.07) is 4.26. The summed E-state index contributed by atoms with van der Waals surface area (Å²) in [4.78, 5) is 7.79. The van der Waals surface area contributed by atoms with Gasteiger partial charge in [0.25, 0.3) is 0 Å². The fourth-order valence-electron chi connectivity index (χ4n) is 1.87. The Morgan fingerprint density at radius 1 is 1.35 bits per heavy atom. The van der Waals surface area contributed by atoms with Gasteiger partial charge in [-0.3, -0.25) is 9.98 Å². The van der Waals surface area contributed by atoms with E-state index in [9.17, 15) is 13.2 Å². The van der Waals surface area contributed by atoms with E-state index >= 15 is 0 Å². The molecule has 120 valence electrons. The largest absolute Gasteiger partial charge is 0.433 e. The molecule has 0 aromatic carbocycles. The Bertz CT molecular complexity index is 755. The van der Waals surface area contributed by atoms with Crippen molar-refractivity contribution < 1.29 is 13.2 Å². The fourth-order valence-corrected chi connectivity index (χ4v) is 1.87. The predicted octanol–water partition coefficient (Wildman–Crippen LogP) is 3.97. The van der Waals surface area contributed by atoms with E-state index < -0.39 is 11.9 Å². The zero-order chi connectivity index (χ0) is 17.0.